The van der Waals surface area contributed by atoms with E-state index < -0.39 is 54.3 Å². The molecule has 3 amide bonds. The van der Waals surface area contributed by atoms with Gasteiger partial charge >= 0.3 is 11.9 Å². The number of amides is 3. The summed E-state index contributed by atoms with van der Waals surface area (Å²) in [5.41, 5.74) is 7.02. The van der Waals surface area contributed by atoms with Gasteiger partial charge in [0, 0.05) is 13.0 Å². The first kappa shape index (κ1) is 28.8. The second-order valence-electron chi connectivity index (χ2n) is 9.51. The Kier molecular flexibility index (Phi) is 10.8. The summed E-state index contributed by atoms with van der Waals surface area (Å²) in [4.78, 5) is 63.0. The van der Waals surface area contributed by atoms with Crippen LogP contribution in [0.1, 0.15) is 51.5 Å². The number of hydrogen-bond donors (Lipinski definition) is 5. The van der Waals surface area contributed by atoms with Crippen LogP contribution in [0, 0.1) is 5.92 Å². The van der Waals surface area contributed by atoms with E-state index in [1.54, 1.807) is 13.8 Å². The highest BCUT2D eigenvalue weighted by Crippen LogP contribution is 2.20. The lowest BCUT2D eigenvalue weighted by Crippen LogP contribution is -2.57. The molecule has 4 unspecified atom stereocenters. The quantitative estimate of drug-likeness (QED) is 0.258. The van der Waals surface area contributed by atoms with Crippen molar-refractivity contribution in [3.63, 3.8) is 0 Å². The van der Waals surface area contributed by atoms with Crippen LogP contribution in [-0.2, 0) is 30.4 Å². The average molecular weight is 505 g/mol. The number of aliphatic carboxylic acids is 2. The molecule has 1 aliphatic heterocycles. The zero-order chi connectivity index (χ0) is 26.8. The summed E-state index contributed by atoms with van der Waals surface area (Å²) >= 11 is 0. The van der Waals surface area contributed by atoms with Crippen LogP contribution in [0.4, 0.5) is 0 Å². The molecule has 1 fully saturated rings. The Balaban J connectivity index is 2.09. The molecule has 2 rings (SSSR count). The van der Waals surface area contributed by atoms with Gasteiger partial charge in [-0.05, 0) is 43.6 Å². The molecule has 198 valence electrons. The molecule has 0 spiro atoms. The summed E-state index contributed by atoms with van der Waals surface area (Å²) in [6.45, 7) is 3.95. The van der Waals surface area contributed by atoms with Crippen LogP contribution in [-0.4, -0.2) is 75.5 Å². The number of nitrogens with two attached hydrogens (primary N) is 1. The molecule has 0 aliphatic carbocycles. The number of benzene rings is 1. The van der Waals surface area contributed by atoms with Crippen molar-refractivity contribution in [3.05, 3.63) is 35.9 Å². The van der Waals surface area contributed by atoms with E-state index in [0.29, 0.717) is 25.8 Å². The molecule has 11 heteroatoms. The molecule has 1 aliphatic rings. The largest absolute Gasteiger partial charge is 0.481 e. The maximum atomic E-state index is 13.1. The maximum absolute atomic E-state index is 13.1. The average Bonchev–Trinajstić information content (AvgIpc) is 3.30. The molecular weight excluding hydrogens is 468 g/mol. The Labute approximate surface area is 210 Å². The fraction of sp³-hybridized carbons (Fsp3) is 0.560. The first-order valence-electron chi connectivity index (χ1n) is 12.1. The van der Waals surface area contributed by atoms with Gasteiger partial charge in [-0.3, -0.25) is 19.2 Å². The monoisotopic (exact) mass is 504 g/mol. The second kappa shape index (κ2) is 13.6. The van der Waals surface area contributed by atoms with Crippen molar-refractivity contribution in [2.45, 2.75) is 76.5 Å². The molecule has 1 aromatic carbocycles. The van der Waals surface area contributed by atoms with E-state index in [0.717, 1.165) is 5.56 Å². The van der Waals surface area contributed by atoms with E-state index in [1.807, 2.05) is 30.3 Å². The van der Waals surface area contributed by atoms with Gasteiger partial charge in [-0.1, -0.05) is 44.2 Å². The highest BCUT2D eigenvalue weighted by Gasteiger charge is 2.38. The number of nitrogens with zero attached hydrogens (tertiary/aromatic N) is 1. The number of hydrogen-bond acceptors (Lipinski definition) is 6. The summed E-state index contributed by atoms with van der Waals surface area (Å²) in [6.07, 6.45) is 0.785. The Morgan fingerprint density at radius 1 is 1.06 bits per heavy atom. The minimum atomic E-state index is -1.27. The molecule has 0 radical (unpaired) electrons. The number of likely N-dealkylation sites (tertiary alicyclic amines) is 1. The lowest BCUT2D eigenvalue weighted by molar-refractivity contribution is -0.144. The molecule has 0 saturated carbocycles. The minimum Gasteiger partial charge on any atom is -0.481 e. The molecular formula is C25H36N4O7. The molecule has 1 saturated heterocycles. The highest BCUT2D eigenvalue weighted by atomic mass is 16.4. The normalized spacial score (nSPS) is 17.8. The molecule has 6 N–H and O–H groups in total. The van der Waals surface area contributed by atoms with E-state index in [1.165, 1.54) is 4.90 Å². The molecule has 0 bridgehead atoms. The van der Waals surface area contributed by atoms with Crippen LogP contribution in [0.25, 0.3) is 0 Å². The summed E-state index contributed by atoms with van der Waals surface area (Å²) < 4.78 is 0. The number of carboxylic acids is 2. The predicted molar refractivity (Wildman–Crippen MR) is 131 cm³/mol. The van der Waals surface area contributed by atoms with E-state index in [4.69, 9.17) is 10.8 Å². The van der Waals surface area contributed by atoms with Crippen LogP contribution >= 0.6 is 0 Å². The van der Waals surface area contributed by atoms with Gasteiger partial charge < -0.3 is 31.5 Å². The zero-order valence-corrected chi connectivity index (χ0v) is 20.7. The van der Waals surface area contributed by atoms with Gasteiger partial charge in [0.2, 0.25) is 17.7 Å². The first-order valence-corrected chi connectivity index (χ1v) is 12.1. The predicted octanol–water partition coefficient (Wildman–Crippen LogP) is 0.513. The Morgan fingerprint density at radius 3 is 2.31 bits per heavy atom. The van der Waals surface area contributed by atoms with Crippen molar-refractivity contribution in [2.75, 3.05) is 6.54 Å². The molecule has 0 aromatic heterocycles. The lowest BCUT2D eigenvalue weighted by atomic mass is 10.0. The van der Waals surface area contributed by atoms with Gasteiger partial charge in [-0.15, -0.1) is 0 Å². The van der Waals surface area contributed by atoms with Crippen molar-refractivity contribution in [3.8, 4) is 0 Å². The van der Waals surface area contributed by atoms with E-state index in [-0.39, 0.29) is 24.7 Å². The Bertz CT molecular complexity index is 938. The van der Waals surface area contributed by atoms with E-state index in [2.05, 4.69) is 10.6 Å². The van der Waals surface area contributed by atoms with Gasteiger partial charge in [0.25, 0.3) is 0 Å². The molecule has 1 aromatic rings. The fourth-order valence-corrected chi connectivity index (χ4v) is 4.24. The summed E-state index contributed by atoms with van der Waals surface area (Å²) in [6, 6.07) is 5.11. The molecule has 4 atom stereocenters. The van der Waals surface area contributed by atoms with Crippen LogP contribution < -0.4 is 16.4 Å². The van der Waals surface area contributed by atoms with Crippen LogP contribution in [0.5, 0.6) is 0 Å². The number of rotatable bonds is 13. The maximum Gasteiger partial charge on any atom is 0.326 e. The third kappa shape index (κ3) is 8.63. The lowest BCUT2D eigenvalue weighted by Gasteiger charge is -2.28. The Morgan fingerprint density at radius 2 is 1.72 bits per heavy atom. The topological polar surface area (TPSA) is 179 Å². The number of carbonyl (C=O) groups is 5. The third-order valence-electron chi connectivity index (χ3n) is 6.06. The van der Waals surface area contributed by atoms with Crippen molar-refractivity contribution in [1.82, 2.24) is 15.5 Å². The van der Waals surface area contributed by atoms with Crippen LogP contribution in [0.2, 0.25) is 0 Å². The first-order chi connectivity index (χ1) is 17.0. The van der Waals surface area contributed by atoms with Crippen molar-refractivity contribution in [1.29, 1.82) is 0 Å². The third-order valence-corrected chi connectivity index (χ3v) is 6.06. The standard InChI is InChI=1S/C25H36N4O7/c1-15(2)13-19(25(35)36)28-22(32)18(10-11-21(30)31)27-23(33)20-9-6-12-29(20)24(34)17(26)14-16-7-4-3-5-8-16/h3-5,7-8,15,17-20H,6,9-14,26H2,1-2H3,(H,27,33)(H,28,32)(H,30,31)(H,35,36). The highest BCUT2D eigenvalue weighted by molar-refractivity contribution is 5.94. The van der Waals surface area contributed by atoms with Gasteiger partial charge in [-0.2, -0.15) is 0 Å². The molecule has 11 nitrogen and oxygen atoms in total. The molecule has 36 heavy (non-hydrogen) atoms. The van der Waals surface area contributed by atoms with Gasteiger partial charge in [0.05, 0.1) is 6.04 Å². The van der Waals surface area contributed by atoms with Gasteiger partial charge in [0.15, 0.2) is 0 Å². The van der Waals surface area contributed by atoms with Crippen LogP contribution in [0.15, 0.2) is 30.3 Å². The zero-order valence-electron chi connectivity index (χ0n) is 20.7. The minimum absolute atomic E-state index is 0.0170. The van der Waals surface area contributed by atoms with Crippen LogP contribution in [0.3, 0.4) is 0 Å². The SMILES string of the molecule is CC(C)CC(NC(=O)C(CCC(=O)O)NC(=O)C1CCCN1C(=O)C(N)Cc1ccccc1)C(=O)O. The summed E-state index contributed by atoms with van der Waals surface area (Å²) in [5, 5.41) is 23.4. The fourth-order valence-electron chi connectivity index (χ4n) is 4.24. The van der Waals surface area contributed by atoms with E-state index >= 15 is 0 Å². The number of nitrogens with one attached hydrogen (secondary N) is 2. The van der Waals surface area contributed by atoms with Gasteiger partial charge in [0.1, 0.15) is 18.1 Å². The van der Waals surface area contributed by atoms with Crippen molar-refractivity contribution in [2.24, 2.45) is 11.7 Å². The number of carboxylic acid groups (broad SMARTS) is 2. The van der Waals surface area contributed by atoms with Crippen molar-refractivity contribution >= 4 is 29.7 Å². The Hall–Kier alpha value is -3.47. The second-order valence-corrected chi connectivity index (χ2v) is 9.51. The summed E-state index contributed by atoms with van der Waals surface area (Å²) in [5.74, 6) is -4.17. The smallest absolute Gasteiger partial charge is 0.326 e. The summed E-state index contributed by atoms with van der Waals surface area (Å²) in [7, 11) is 0. The molecule has 1 heterocycles. The van der Waals surface area contributed by atoms with Crippen molar-refractivity contribution < 1.29 is 34.2 Å². The van der Waals surface area contributed by atoms with Gasteiger partial charge in [-0.25, -0.2) is 4.79 Å². The van der Waals surface area contributed by atoms with E-state index in [9.17, 15) is 29.1 Å². The number of carbonyl (C=O) groups excluding carboxylic acids is 3.